The molecular weight excluding hydrogens is 593 g/mol. The molecule has 0 aromatic heterocycles. The summed E-state index contributed by atoms with van der Waals surface area (Å²) in [7, 11) is -3.92. The standard InChI is InChI=1S/C32H37F3N4O4S/c1-21-19-37-20-32(39-21,44(41,42)23-6-3-2-4-7-23)13-12-24-25(33)8-5-9-28(24)38-30(40)29(36)31(14-16-43-17-15-31)22-10-11-26(34)27(35)18-22/h2-11,18,21,29,37,39H,12-17,19-20,36H2,1H3,(H,38,40)/t21-,29+,32-/m0/s1. The van der Waals surface area contributed by atoms with Crippen LogP contribution < -0.4 is 21.7 Å². The van der Waals surface area contributed by atoms with Gasteiger partial charge >= 0.3 is 0 Å². The number of piperazine rings is 1. The molecule has 0 saturated carbocycles. The van der Waals surface area contributed by atoms with E-state index >= 15 is 4.39 Å². The van der Waals surface area contributed by atoms with E-state index in [1.54, 1.807) is 18.2 Å². The molecule has 0 unspecified atom stereocenters. The van der Waals surface area contributed by atoms with Gasteiger partial charge in [-0.15, -0.1) is 0 Å². The van der Waals surface area contributed by atoms with Gasteiger partial charge in [0, 0.05) is 49.0 Å². The Morgan fingerprint density at radius 3 is 2.43 bits per heavy atom. The fraction of sp³-hybridized carbons (Fsp3) is 0.406. The van der Waals surface area contributed by atoms with E-state index in [1.807, 2.05) is 6.92 Å². The number of anilines is 1. The van der Waals surface area contributed by atoms with Crippen LogP contribution in [0, 0.1) is 17.5 Å². The van der Waals surface area contributed by atoms with Gasteiger partial charge in [0.1, 0.15) is 10.7 Å². The molecule has 0 spiro atoms. The summed E-state index contributed by atoms with van der Waals surface area (Å²) in [4.78, 5) is 12.4. The number of carbonyl (C=O) groups is 1. The van der Waals surface area contributed by atoms with Crippen LogP contribution in [0.5, 0.6) is 0 Å². The van der Waals surface area contributed by atoms with Crippen LogP contribution in [0.1, 0.15) is 37.3 Å². The molecule has 2 fully saturated rings. The molecular formula is C32H37F3N4O4S. The Balaban J connectivity index is 1.43. The maximum Gasteiger partial charge on any atom is 0.242 e. The smallest absolute Gasteiger partial charge is 0.242 e. The Bertz CT molecular complexity index is 1600. The van der Waals surface area contributed by atoms with Gasteiger partial charge in [-0.05, 0) is 74.6 Å². The Hall–Kier alpha value is -3.29. The zero-order valence-electron chi connectivity index (χ0n) is 24.4. The summed E-state index contributed by atoms with van der Waals surface area (Å²) in [6.45, 7) is 3.08. The number of ether oxygens (including phenoxy) is 1. The summed E-state index contributed by atoms with van der Waals surface area (Å²) in [5, 5.41) is 9.21. The Morgan fingerprint density at radius 1 is 1.02 bits per heavy atom. The molecule has 2 saturated heterocycles. The molecule has 8 nitrogen and oxygen atoms in total. The molecule has 1 amide bonds. The van der Waals surface area contributed by atoms with Crippen LogP contribution in [0.15, 0.2) is 71.6 Å². The molecule has 3 aromatic rings. The first-order chi connectivity index (χ1) is 21.0. The average molecular weight is 631 g/mol. The molecule has 12 heteroatoms. The lowest BCUT2D eigenvalue weighted by atomic mass is 9.68. The third-order valence-electron chi connectivity index (χ3n) is 8.85. The lowest BCUT2D eigenvalue weighted by Gasteiger charge is -2.42. The summed E-state index contributed by atoms with van der Waals surface area (Å²) < 4.78 is 76.8. The van der Waals surface area contributed by atoms with E-state index in [9.17, 15) is 22.0 Å². The molecule has 2 heterocycles. The van der Waals surface area contributed by atoms with Gasteiger partial charge in [0.05, 0.1) is 10.9 Å². The average Bonchev–Trinajstić information content (AvgIpc) is 3.02. The van der Waals surface area contributed by atoms with Crippen LogP contribution in [0.2, 0.25) is 0 Å². The van der Waals surface area contributed by atoms with Crippen LogP contribution >= 0.6 is 0 Å². The molecule has 44 heavy (non-hydrogen) atoms. The van der Waals surface area contributed by atoms with E-state index in [-0.39, 0.29) is 54.8 Å². The van der Waals surface area contributed by atoms with Gasteiger partial charge in [-0.3, -0.25) is 10.1 Å². The fourth-order valence-corrected chi connectivity index (χ4v) is 8.36. The first-order valence-electron chi connectivity index (χ1n) is 14.6. The second-order valence-electron chi connectivity index (χ2n) is 11.6. The molecule has 3 aromatic carbocycles. The number of nitrogens with two attached hydrogens (primary N) is 1. The molecule has 0 radical (unpaired) electrons. The quantitative estimate of drug-likeness (QED) is 0.284. The Kier molecular flexibility index (Phi) is 9.47. The lowest BCUT2D eigenvalue weighted by Crippen LogP contribution is -2.66. The fourth-order valence-electron chi connectivity index (χ4n) is 6.37. The first kappa shape index (κ1) is 32.1. The van der Waals surface area contributed by atoms with Gasteiger partial charge in [-0.2, -0.15) is 0 Å². The SMILES string of the molecule is C[C@H]1CNC[C@](CCc2c(F)cccc2NC(=O)[C@@H](N)C2(c3ccc(F)c(F)c3)CCOCC2)(S(=O)(=O)c2ccccc2)N1. The van der Waals surface area contributed by atoms with E-state index in [2.05, 4.69) is 16.0 Å². The number of sulfone groups is 1. The number of nitrogens with one attached hydrogen (secondary N) is 3. The Labute approximate surface area is 255 Å². The van der Waals surface area contributed by atoms with Crippen molar-refractivity contribution in [2.45, 2.75) is 59.9 Å². The number of hydrogen-bond acceptors (Lipinski definition) is 7. The van der Waals surface area contributed by atoms with Crippen molar-refractivity contribution in [2.75, 3.05) is 31.6 Å². The van der Waals surface area contributed by atoms with Crippen molar-refractivity contribution >= 4 is 21.4 Å². The highest BCUT2D eigenvalue weighted by Gasteiger charge is 2.47. The third kappa shape index (κ3) is 6.14. The van der Waals surface area contributed by atoms with Crippen molar-refractivity contribution in [1.82, 2.24) is 10.6 Å². The zero-order valence-corrected chi connectivity index (χ0v) is 25.2. The monoisotopic (exact) mass is 630 g/mol. The van der Waals surface area contributed by atoms with Crippen LogP contribution in [0.4, 0.5) is 18.9 Å². The summed E-state index contributed by atoms with van der Waals surface area (Å²) in [5.41, 5.74) is 6.17. The number of halogens is 3. The number of hydrogen-bond donors (Lipinski definition) is 4. The normalized spacial score (nSPS) is 22.7. The summed E-state index contributed by atoms with van der Waals surface area (Å²) in [6.07, 6.45) is 0.569. The van der Waals surface area contributed by atoms with E-state index in [4.69, 9.17) is 10.5 Å². The largest absolute Gasteiger partial charge is 0.381 e. The topological polar surface area (TPSA) is 123 Å². The lowest BCUT2D eigenvalue weighted by molar-refractivity contribution is -0.120. The van der Waals surface area contributed by atoms with Crippen molar-refractivity contribution in [2.24, 2.45) is 5.73 Å². The predicted octanol–water partition coefficient (Wildman–Crippen LogP) is 3.80. The second-order valence-corrected chi connectivity index (χ2v) is 13.9. The molecule has 5 rings (SSSR count). The zero-order chi connectivity index (χ0) is 31.5. The highest BCUT2D eigenvalue weighted by molar-refractivity contribution is 7.92. The van der Waals surface area contributed by atoms with E-state index in [1.165, 1.54) is 36.4 Å². The van der Waals surface area contributed by atoms with Crippen molar-refractivity contribution in [1.29, 1.82) is 0 Å². The minimum atomic E-state index is -3.92. The number of benzene rings is 3. The highest BCUT2D eigenvalue weighted by atomic mass is 32.2. The summed E-state index contributed by atoms with van der Waals surface area (Å²) >= 11 is 0. The van der Waals surface area contributed by atoms with E-state index < -0.39 is 49.5 Å². The third-order valence-corrected chi connectivity index (χ3v) is 11.2. The van der Waals surface area contributed by atoms with Crippen molar-refractivity contribution in [3.05, 3.63) is 95.3 Å². The summed E-state index contributed by atoms with van der Waals surface area (Å²) in [5.74, 6) is -3.31. The van der Waals surface area contributed by atoms with Gasteiger partial charge in [0.2, 0.25) is 5.91 Å². The van der Waals surface area contributed by atoms with Crippen molar-refractivity contribution in [3.63, 3.8) is 0 Å². The number of carbonyl (C=O) groups excluding carboxylic acids is 1. The molecule has 5 N–H and O–H groups in total. The van der Waals surface area contributed by atoms with Crippen LogP contribution in [-0.2, 0) is 31.2 Å². The highest BCUT2D eigenvalue weighted by Crippen LogP contribution is 2.39. The maximum absolute atomic E-state index is 15.4. The Morgan fingerprint density at radius 2 is 1.75 bits per heavy atom. The van der Waals surface area contributed by atoms with Gasteiger partial charge in [0.15, 0.2) is 21.5 Å². The van der Waals surface area contributed by atoms with Gasteiger partial charge in [0.25, 0.3) is 0 Å². The van der Waals surface area contributed by atoms with Crippen molar-refractivity contribution in [3.8, 4) is 0 Å². The molecule has 0 bridgehead atoms. The van der Waals surface area contributed by atoms with Crippen LogP contribution in [0.3, 0.4) is 0 Å². The van der Waals surface area contributed by atoms with Crippen LogP contribution in [0.25, 0.3) is 0 Å². The predicted molar refractivity (Wildman–Crippen MR) is 161 cm³/mol. The minimum Gasteiger partial charge on any atom is -0.381 e. The van der Waals surface area contributed by atoms with Crippen LogP contribution in [-0.4, -0.2) is 57.6 Å². The van der Waals surface area contributed by atoms with E-state index in [0.29, 0.717) is 24.9 Å². The number of amides is 1. The first-order valence-corrected chi connectivity index (χ1v) is 16.1. The second kappa shape index (κ2) is 13.0. The van der Waals surface area contributed by atoms with Crippen molar-refractivity contribution < 1.29 is 31.1 Å². The minimum absolute atomic E-state index is 0.00750. The van der Waals surface area contributed by atoms with Gasteiger partial charge in [-0.25, -0.2) is 21.6 Å². The van der Waals surface area contributed by atoms with Gasteiger partial charge < -0.3 is 21.1 Å². The maximum atomic E-state index is 15.4. The molecule has 3 atom stereocenters. The molecule has 2 aliphatic heterocycles. The molecule has 2 aliphatic rings. The molecule has 236 valence electrons. The molecule has 0 aliphatic carbocycles. The van der Waals surface area contributed by atoms with E-state index in [0.717, 1.165) is 12.1 Å². The van der Waals surface area contributed by atoms with Gasteiger partial charge in [-0.1, -0.05) is 30.3 Å². The number of rotatable bonds is 9. The summed E-state index contributed by atoms with van der Waals surface area (Å²) in [6, 6.07) is 14.4.